The van der Waals surface area contributed by atoms with Crippen molar-refractivity contribution in [2.75, 3.05) is 14.2 Å². The predicted octanol–water partition coefficient (Wildman–Crippen LogP) is 2.29. The molecule has 108 valence electrons. The molecule has 0 saturated heterocycles. The Labute approximate surface area is 123 Å². The van der Waals surface area contributed by atoms with Crippen LogP contribution in [0.5, 0.6) is 11.5 Å². The van der Waals surface area contributed by atoms with Gasteiger partial charge in [-0.2, -0.15) is 0 Å². The summed E-state index contributed by atoms with van der Waals surface area (Å²) in [5.41, 5.74) is 0.816. The molecule has 2 aromatic rings. The van der Waals surface area contributed by atoms with Gasteiger partial charge in [0.15, 0.2) is 5.78 Å². The molecular formula is C17H15O4-. The van der Waals surface area contributed by atoms with Gasteiger partial charge in [-0.05, 0) is 35.9 Å². The minimum atomic E-state index is -0.360. The van der Waals surface area contributed by atoms with Gasteiger partial charge in [0.25, 0.3) is 0 Å². The molecule has 0 N–H and O–H groups in total. The van der Waals surface area contributed by atoms with E-state index < -0.39 is 0 Å². The van der Waals surface area contributed by atoms with Crippen molar-refractivity contribution in [1.29, 1.82) is 0 Å². The molecule has 4 heteroatoms. The first-order chi connectivity index (χ1) is 10.1. The van der Waals surface area contributed by atoms with Crippen molar-refractivity contribution in [1.82, 2.24) is 0 Å². The van der Waals surface area contributed by atoms with E-state index in [-0.39, 0.29) is 11.5 Å². The van der Waals surface area contributed by atoms with Crippen molar-refractivity contribution in [2.45, 2.75) is 0 Å². The van der Waals surface area contributed by atoms with Crippen molar-refractivity contribution in [2.24, 2.45) is 0 Å². The van der Waals surface area contributed by atoms with Crippen molar-refractivity contribution < 1.29 is 19.4 Å². The average molecular weight is 283 g/mol. The summed E-state index contributed by atoms with van der Waals surface area (Å²) in [6.07, 6.45) is 1.07. The van der Waals surface area contributed by atoms with Crippen LogP contribution in [0.2, 0.25) is 0 Å². The average Bonchev–Trinajstić information content (AvgIpc) is 2.54. The van der Waals surface area contributed by atoms with Gasteiger partial charge in [-0.15, -0.1) is 0 Å². The Hall–Kier alpha value is -2.75. The smallest absolute Gasteiger partial charge is 0.185 e. The quantitative estimate of drug-likeness (QED) is 0.480. The van der Waals surface area contributed by atoms with Crippen LogP contribution in [0.15, 0.2) is 54.6 Å². The van der Waals surface area contributed by atoms with Gasteiger partial charge in [-0.1, -0.05) is 30.0 Å². The van der Waals surface area contributed by atoms with E-state index in [9.17, 15) is 9.90 Å². The number of hydrogen-bond donors (Lipinski definition) is 0. The summed E-state index contributed by atoms with van der Waals surface area (Å²) in [5, 5.41) is 12.1. The molecule has 0 aliphatic carbocycles. The maximum Gasteiger partial charge on any atom is 0.185 e. The predicted molar refractivity (Wildman–Crippen MR) is 78.3 cm³/mol. The van der Waals surface area contributed by atoms with Gasteiger partial charge in [0, 0.05) is 5.56 Å². The molecule has 0 aliphatic rings. The van der Waals surface area contributed by atoms with Gasteiger partial charge in [0.05, 0.1) is 14.2 Å². The largest absolute Gasteiger partial charge is 0.872 e. The van der Waals surface area contributed by atoms with Gasteiger partial charge in [-0.25, -0.2) is 0 Å². The Morgan fingerprint density at radius 1 is 0.952 bits per heavy atom. The molecule has 0 fully saturated rings. The van der Waals surface area contributed by atoms with Crippen LogP contribution in [0.1, 0.15) is 15.9 Å². The van der Waals surface area contributed by atoms with E-state index >= 15 is 0 Å². The van der Waals surface area contributed by atoms with Crippen LogP contribution < -0.4 is 14.6 Å². The number of allylic oxidation sites excluding steroid dienone is 1. The highest BCUT2D eigenvalue weighted by atomic mass is 16.5. The minimum Gasteiger partial charge on any atom is -0.872 e. The summed E-state index contributed by atoms with van der Waals surface area (Å²) in [6, 6.07) is 13.4. The first-order valence-corrected chi connectivity index (χ1v) is 6.35. The third kappa shape index (κ3) is 3.63. The van der Waals surface area contributed by atoms with E-state index in [0.717, 1.165) is 6.08 Å². The summed E-state index contributed by atoms with van der Waals surface area (Å²) in [7, 11) is 3.05. The van der Waals surface area contributed by atoms with E-state index in [1.54, 1.807) is 48.5 Å². The van der Waals surface area contributed by atoms with Crippen molar-refractivity contribution in [3.05, 3.63) is 65.7 Å². The molecule has 0 radical (unpaired) electrons. The maximum atomic E-state index is 12.1. The zero-order valence-corrected chi connectivity index (χ0v) is 11.8. The van der Waals surface area contributed by atoms with Crippen LogP contribution in [0.3, 0.4) is 0 Å². The number of carbonyl (C=O) groups is 1. The van der Waals surface area contributed by atoms with E-state index in [0.29, 0.717) is 22.6 Å². The Kier molecular flexibility index (Phi) is 4.61. The van der Waals surface area contributed by atoms with Crippen molar-refractivity contribution >= 4 is 11.5 Å². The van der Waals surface area contributed by atoms with E-state index in [1.807, 2.05) is 0 Å². The monoisotopic (exact) mass is 283 g/mol. The Bertz CT molecular complexity index is 674. The zero-order chi connectivity index (χ0) is 15.2. The van der Waals surface area contributed by atoms with Crippen molar-refractivity contribution in [3.8, 4) is 11.5 Å². The molecule has 0 heterocycles. The highest BCUT2D eigenvalue weighted by Crippen LogP contribution is 2.18. The van der Waals surface area contributed by atoms with Gasteiger partial charge < -0.3 is 14.6 Å². The summed E-state index contributed by atoms with van der Waals surface area (Å²) < 4.78 is 10.1. The second-order valence-corrected chi connectivity index (χ2v) is 4.34. The van der Waals surface area contributed by atoms with E-state index in [2.05, 4.69) is 0 Å². The van der Waals surface area contributed by atoms with Gasteiger partial charge >= 0.3 is 0 Å². The Morgan fingerprint density at radius 3 is 2.05 bits per heavy atom. The van der Waals surface area contributed by atoms with Crippen LogP contribution in [0.4, 0.5) is 0 Å². The number of hydrogen-bond acceptors (Lipinski definition) is 4. The SMILES string of the molecule is COc1cccc(C(=O)/C=C(\[O-])c2cccc(OC)c2)c1. The number of rotatable bonds is 5. The fourth-order valence-electron chi connectivity index (χ4n) is 1.84. The van der Waals surface area contributed by atoms with Gasteiger partial charge in [0.2, 0.25) is 0 Å². The summed E-state index contributed by atoms with van der Waals surface area (Å²) in [5.74, 6) is 0.426. The van der Waals surface area contributed by atoms with Crippen LogP contribution in [-0.4, -0.2) is 20.0 Å². The highest BCUT2D eigenvalue weighted by molar-refractivity contribution is 6.07. The molecular weight excluding hydrogens is 268 g/mol. The lowest BCUT2D eigenvalue weighted by Crippen LogP contribution is -2.06. The normalized spacial score (nSPS) is 11.0. The molecule has 0 amide bonds. The number of ether oxygens (including phenoxy) is 2. The molecule has 2 rings (SSSR count). The van der Waals surface area contributed by atoms with Crippen LogP contribution in [-0.2, 0) is 0 Å². The van der Waals surface area contributed by atoms with Gasteiger partial charge in [-0.3, -0.25) is 4.79 Å². The first-order valence-electron chi connectivity index (χ1n) is 6.35. The lowest BCUT2D eigenvalue weighted by Gasteiger charge is -2.13. The molecule has 4 nitrogen and oxygen atoms in total. The second-order valence-electron chi connectivity index (χ2n) is 4.34. The molecule has 0 atom stereocenters. The van der Waals surface area contributed by atoms with Gasteiger partial charge in [0.1, 0.15) is 11.5 Å². The third-order valence-corrected chi connectivity index (χ3v) is 2.97. The maximum absolute atomic E-state index is 12.1. The molecule has 0 spiro atoms. The number of methoxy groups -OCH3 is 2. The fraction of sp³-hybridized carbons (Fsp3) is 0.118. The lowest BCUT2D eigenvalue weighted by atomic mass is 10.1. The zero-order valence-electron chi connectivity index (χ0n) is 11.8. The molecule has 0 unspecified atom stereocenters. The summed E-state index contributed by atoms with van der Waals surface area (Å²) >= 11 is 0. The van der Waals surface area contributed by atoms with E-state index in [4.69, 9.17) is 9.47 Å². The van der Waals surface area contributed by atoms with E-state index in [1.165, 1.54) is 14.2 Å². The molecule has 0 aromatic heterocycles. The van der Waals surface area contributed by atoms with Crippen molar-refractivity contribution in [3.63, 3.8) is 0 Å². The molecule has 21 heavy (non-hydrogen) atoms. The fourth-order valence-corrected chi connectivity index (χ4v) is 1.84. The molecule has 0 bridgehead atoms. The van der Waals surface area contributed by atoms with Crippen LogP contribution >= 0.6 is 0 Å². The lowest BCUT2D eigenvalue weighted by molar-refractivity contribution is -0.243. The second kappa shape index (κ2) is 6.61. The summed E-state index contributed by atoms with van der Waals surface area (Å²) in [4.78, 5) is 12.1. The third-order valence-electron chi connectivity index (χ3n) is 2.97. The molecule has 0 aliphatic heterocycles. The Morgan fingerprint density at radius 2 is 1.48 bits per heavy atom. The standard InChI is InChI=1S/C17H16O4/c1-20-14-7-3-5-12(9-14)16(18)11-17(19)13-6-4-8-15(10-13)21-2/h3-11,18H,1-2H3/p-1/b16-11-. The number of ketones is 1. The molecule has 2 aromatic carbocycles. The van der Waals surface area contributed by atoms with Crippen LogP contribution in [0, 0.1) is 0 Å². The number of benzene rings is 2. The number of carbonyl (C=O) groups excluding carboxylic acids is 1. The summed E-state index contributed by atoms with van der Waals surface area (Å²) in [6.45, 7) is 0. The first kappa shape index (κ1) is 14.7. The Balaban J connectivity index is 2.26. The topological polar surface area (TPSA) is 58.6 Å². The minimum absolute atomic E-state index is 0.360. The van der Waals surface area contributed by atoms with Crippen LogP contribution in [0.25, 0.3) is 5.76 Å². The highest BCUT2D eigenvalue weighted by Gasteiger charge is 2.04. The molecule has 0 saturated carbocycles.